The van der Waals surface area contributed by atoms with Gasteiger partial charge in [-0.3, -0.25) is 0 Å². The SMILES string of the molecule is FC1(Cl)C(F)(Cl)C1(F)Cl. The van der Waals surface area contributed by atoms with E-state index >= 15 is 0 Å². The fourth-order valence-electron chi connectivity index (χ4n) is 0.356. The molecule has 0 aliphatic heterocycles. The molecule has 0 N–H and O–H groups in total. The molecule has 0 aromatic carbocycles. The average Bonchev–Trinajstić information content (AvgIpc) is 1.84. The molecule has 6 heteroatoms. The maximum atomic E-state index is 12.1. The van der Waals surface area contributed by atoms with Crippen LogP contribution in [-0.2, 0) is 0 Å². The van der Waals surface area contributed by atoms with Crippen LogP contribution >= 0.6 is 34.8 Å². The van der Waals surface area contributed by atoms with Crippen LogP contribution in [0.25, 0.3) is 0 Å². The van der Waals surface area contributed by atoms with Crippen LogP contribution in [0.2, 0.25) is 0 Å². The Balaban J connectivity index is 2.91. The van der Waals surface area contributed by atoms with Crippen LogP contribution in [-0.4, -0.2) is 15.4 Å². The Bertz CT molecular complexity index is 112. The third kappa shape index (κ3) is 0.583. The fourth-order valence-corrected chi connectivity index (χ4v) is 1.14. The average molecular weight is 199 g/mol. The second-order valence-corrected chi connectivity index (χ2v) is 3.29. The van der Waals surface area contributed by atoms with Crippen LogP contribution in [0.4, 0.5) is 13.2 Å². The lowest BCUT2D eigenvalue weighted by Gasteiger charge is -1.87. The molecule has 0 atom stereocenters. The van der Waals surface area contributed by atoms with Crippen molar-refractivity contribution in [3.8, 4) is 0 Å². The van der Waals surface area contributed by atoms with E-state index < -0.39 is 15.4 Å². The molecule has 0 radical (unpaired) electrons. The summed E-state index contributed by atoms with van der Waals surface area (Å²) in [5, 5.41) is -9.87. The standard InChI is InChI=1S/C3Cl3F3/c4-1(7)2(5,8)3(1,6)9. The van der Waals surface area contributed by atoms with Crippen molar-refractivity contribution in [1.29, 1.82) is 0 Å². The highest BCUT2D eigenvalue weighted by molar-refractivity contribution is 6.49. The largest absolute Gasteiger partial charge is 0.288 e. The molecule has 0 aromatic heterocycles. The van der Waals surface area contributed by atoms with Crippen molar-refractivity contribution in [3.05, 3.63) is 0 Å². The van der Waals surface area contributed by atoms with Gasteiger partial charge in [0.2, 0.25) is 0 Å². The molecule has 9 heavy (non-hydrogen) atoms. The highest BCUT2D eigenvalue weighted by atomic mass is 35.5. The van der Waals surface area contributed by atoms with Crippen LogP contribution in [0.3, 0.4) is 0 Å². The highest BCUT2D eigenvalue weighted by Gasteiger charge is 2.94. The predicted octanol–water partition coefficient (Wildman–Crippen LogP) is 2.71. The van der Waals surface area contributed by atoms with Crippen molar-refractivity contribution in [2.24, 2.45) is 0 Å². The Hall–Kier alpha value is 0.660. The van der Waals surface area contributed by atoms with Crippen LogP contribution < -0.4 is 0 Å². The normalized spacial score (nSPS) is 66.0. The molecular weight excluding hydrogens is 199 g/mol. The van der Waals surface area contributed by atoms with Crippen LogP contribution in [0, 0.1) is 0 Å². The lowest BCUT2D eigenvalue weighted by Crippen LogP contribution is -1.99. The first kappa shape index (κ1) is 7.76. The number of hydrogen-bond acceptors (Lipinski definition) is 0. The summed E-state index contributed by atoms with van der Waals surface area (Å²) < 4.78 is 36.3. The Morgan fingerprint density at radius 1 is 0.667 bits per heavy atom. The van der Waals surface area contributed by atoms with Gasteiger partial charge in [-0.2, -0.15) is 0 Å². The van der Waals surface area contributed by atoms with Crippen molar-refractivity contribution >= 4 is 34.8 Å². The second-order valence-electron chi connectivity index (χ2n) is 1.72. The van der Waals surface area contributed by atoms with E-state index in [0.717, 1.165) is 0 Å². The maximum absolute atomic E-state index is 12.1. The summed E-state index contributed by atoms with van der Waals surface area (Å²) in [6.07, 6.45) is 0. The molecule has 1 aliphatic rings. The first-order valence-corrected chi connectivity index (χ1v) is 3.02. The maximum Gasteiger partial charge on any atom is 0.288 e. The molecule has 0 heterocycles. The molecule has 0 saturated heterocycles. The number of alkyl halides is 6. The van der Waals surface area contributed by atoms with E-state index in [4.69, 9.17) is 0 Å². The lowest BCUT2D eigenvalue weighted by atomic mass is 10.8. The number of rotatable bonds is 0. The van der Waals surface area contributed by atoms with Crippen molar-refractivity contribution in [2.75, 3.05) is 0 Å². The zero-order valence-electron chi connectivity index (χ0n) is 3.77. The molecule has 1 rings (SSSR count). The Morgan fingerprint density at radius 3 is 0.778 bits per heavy atom. The molecule has 0 nitrogen and oxygen atoms in total. The summed E-state index contributed by atoms with van der Waals surface area (Å²) in [5.41, 5.74) is 0. The minimum Gasteiger partial charge on any atom is -0.216 e. The topological polar surface area (TPSA) is 0 Å². The minimum atomic E-state index is -3.29. The smallest absolute Gasteiger partial charge is 0.216 e. The minimum absolute atomic E-state index is 3.29. The fraction of sp³-hybridized carbons (Fsp3) is 1.00. The summed E-state index contributed by atoms with van der Waals surface area (Å²) in [6.45, 7) is 0. The van der Waals surface area contributed by atoms with Gasteiger partial charge in [0, 0.05) is 0 Å². The molecule has 0 aromatic rings. The molecule has 1 fully saturated rings. The third-order valence-corrected chi connectivity index (χ3v) is 2.97. The molecule has 0 unspecified atom stereocenters. The summed E-state index contributed by atoms with van der Waals surface area (Å²) in [7, 11) is 0. The van der Waals surface area contributed by atoms with Gasteiger partial charge in [-0.05, 0) is 0 Å². The van der Waals surface area contributed by atoms with Crippen molar-refractivity contribution in [2.45, 2.75) is 15.4 Å². The summed E-state index contributed by atoms with van der Waals surface area (Å²) in [5.74, 6) is 0. The Labute approximate surface area is 63.9 Å². The van der Waals surface area contributed by atoms with Gasteiger partial charge in [-0.25, -0.2) is 13.2 Å². The van der Waals surface area contributed by atoms with Gasteiger partial charge >= 0.3 is 0 Å². The Morgan fingerprint density at radius 2 is 0.778 bits per heavy atom. The van der Waals surface area contributed by atoms with Crippen LogP contribution in [0.5, 0.6) is 0 Å². The van der Waals surface area contributed by atoms with Gasteiger partial charge in [-0.15, -0.1) is 0 Å². The molecule has 1 saturated carbocycles. The van der Waals surface area contributed by atoms with E-state index in [1.165, 1.54) is 0 Å². The third-order valence-electron chi connectivity index (χ3n) is 1.12. The van der Waals surface area contributed by atoms with Crippen molar-refractivity contribution < 1.29 is 13.2 Å². The van der Waals surface area contributed by atoms with Gasteiger partial charge < -0.3 is 0 Å². The van der Waals surface area contributed by atoms with Gasteiger partial charge in [-0.1, -0.05) is 34.8 Å². The zero-order valence-corrected chi connectivity index (χ0v) is 6.04. The van der Waals surface area contributed by atoms with Crippen LogP contribution in [0.15, 0.2) is 0 Å². The molecule has 0 amide bonds. The second kappa shape index (κ2) is 1.46. The predicted molar refractivity (Wildman–Crippen MR) is 29.1 cm³/mol. The van der Waals surface area contributed by atoms with E-state index in [1.807, 2.05) is 0 Å². The van der Waals surface area contributed by atoms with Crippen LogP contribution in [0.1, 0.15) is 0 Å². The van der Waals surface area contributed by atoms with Gasteiger partial charge in [0.05, 0.1) is 0 Å². The van der Waals surface area contributed by atoms with E-state index in [9.17, 15) is 13.2 Å². The number of hydrogen-bond donors (Lipinski definition) is 0. The lowest BCUT2D eigenvalue weighted by molar-refractivity contribution is 0.306. The van der Waals surface area contributed by atoms with Crippen molar-refractivity contribution in [1.82, 2.24) is 0 Å². The molecule has 1 aliphatic carbocycles. The summed E-state index contributed by atoms with van der Waals surface area (Å²) in [6, 6.07) is 0. The van der Waals surface area contributed by atoms with Gasteiger partial charge in [0.25, 0.3) is 15.4 Å². The van der Waals surface area contributed by atoms with Gasteiger partial charge in [0.15, 0.2) is 0 Å². The molecular formula is C3Cl3F3. The molecule has 54 valence electrons. The zero-order chi connectivity index (χ0) is 7.50. The number of halogens is 6. The highest BCUT2D eigenvalue weighted by Crippen LogP contribution is 2.73. The van der Waals surface area contributed by atoms with E-state index in [-0.39, 0.29) is 0 Å². The van der Waals surface area contributed by atoms with E-state index in [1.54, 1.807) is 0 Å². The van der Waals surface area contributed by atoms with Crippen molar-refractivity contribution in [3.63, 3.8) is 0 Å². The Kier molecular flexibility index (Phi) is 1.26. The molecule has 0 spiro atoms. The quantitative estimate of drug-likeness (QED) is 0.526. The first-order chi connectivity index (χ1) is 3.75. The van der Waals surface area contributed by atoms with E-state index in [0.29, 0.717) is 0 Å². The summed E-state index contributed by atoms with van der Waals surface area (Å²) in [4.78, 5) is 0. The van der Waals surface area contributed by atoms with E-state index in [2.05, 4.69) is 34.8 Å². The monoisotopic (exact) mass is 198 g/mol. The first-order valence-electron chi connectivity index (χ1n) is 1.88. The summed E-state index contributed by atoms with van der Waals surface area (Å²) >= 11 is 13.6. The molecule has 0 bridgehead atoms. The van der Waals surface area contributed by atoms with Gasteiger partial charge in [0.1, 0.15) is 0 Å².